The molecule has 0 radical (unpaired) electrons. The summed E-state index contributed by atoms with van der Waals surface area (Å²) in [5.41, 5.74) is 1.29. The van der Waals surface area contributed by atoms with Gasteiger partial charge in [0.05, 0.1) is 6.61 Å². The molecule has 0 atom stereocenters. The summed E-state index contributed by atoms with van der Waals surface area (Å²) in [5, 5.41) is 3.39. The van der Waals surface area contributed by atoms with E-state index in [0.717, 1.165) is 37.5 Å². The van der Waals surface area contributed by atoms with Crippen molar-refractivity contribution >= 4 is 0 Å². The van der Waals surface area contributed by atoms with E-state index in [4.69, 9.17) is 4.74 Å². The second-order valence-corrected chi connectivity index (χ2v) is 4.87. The molecule has 4 nitrogen and oxygen atoms in total. The van der Waals surface area contributed by atoms with Crippen LogP contribution in [0.4, 0.5) is 0 Å². The average Bonchev–Trinajstić information content (AvgIpc) is 2.87. The molecule has 0 aliphatic carbocycles. The summed E-state index contributed by atoms with van der Waals surface area (Å²) in [6.45, 7) is 4.80. The molecule has 0 aliphatic rings. The Morgan fingerprint density at radius 3 is 2.70 bits per heavy atom. The molecular formula is C16H23N3O. The molecule has 0 aliphatic heterocycles. The molecule has 0 saturated heterocycles. The molecule has 2 rings (SSSR count). The number of ether oxygens (including phenoxy) is 1. The highest BCUT2D eigenvalue weighted by molar-refractivity contribution is 5.27. The summed E-state index contributed by atoms with van der Waals surface area (Å²) >= 11 is 0. The van der Waals surface area contributed by atoms with Crippen molar-refractivity contribution in [3.63, 3.8) is 0 Å². The molecule has 2 aromatic rings. The fourth-order valence-corrected chi connectivity index (χ4v) is 2.01. The molecular weight excluding hydrogens is 250 g/mol. The Morgan fingerprint density at radius 1 is 1.25 bits per heavy atom. The highest BCUT2D eigenvalue weighted by Gasteiger charge is 2.00. The summed E-state index contributed by atoms with van der Waals surface area (Å²) < 4.78 is 7.76. The lowest BCUT2D eigenvalue weighted by atomic mass is 10.2. The van der Waals surface area contributed by atoms with E-state index >= 15 is 0 Å². The predicted octanol–water partition coefficient (Wildman–Crippen LogP) is 2.54. The van der Waals surface area contributed by atoms with Crippen LogP contribution in [0.1, 0.15) is 24.7 Å². The molecule has 20 heavy (non-hydrogen) atoms. The monoisotopic (exact) mass is 273 g/mol. The van der Waals surface area contributed by atoms with Crippen LogP contribution >= 0.6 is 0 Å². The smallest absolute Gasteiger partial charge is 0.119 e. The lowest BCUT2D eigenvalue weighted by Gasteiger charge is -2.08. The van der Waals surface area contributed by atoms with E-state index in [-0.39, 0.29) is 0 Å². The standard InChI is InChI=1S/C16H23N3O/c1-3-9-17-13-14-4-6-15(7-5-14)20-12-8-16-18-10-11-19(16)2/h4-7,10-11,17H,3,8-9,12-13H2,1-2H3. The summed E-state index contributed by atoms with van der Waals surface area (Å²) in [6.07, 6.45) is 5.75. The molecule has 0 unspecified atom stereocenters. The van der Waals surface area contributed by atoms with Gasteiger partial charge in [-0.15, -0.1) is 0 Å². The van der Waals surface area contributed by atoms with Gasteiger partial charge in [0.15, 0.2) is 0 Å². The zero-order valence-corrected chi connectivity index (χ0v) is 12.3. The van der Waals surface area contributed by atoms with E-state index in [1.54, 1.807) is 0 Å². The van der Waals surface area contributed by atoms with E-state index < -0.39 is 0 Å². The van der Waals surface area contributed by atoms with Crippen LogP contribution in [-0.2, 0) is 20.0 Å². The van der Waals surface area contributed by atoms with Crippen LogP contribution in [0.5, 0.6) is 5.75 Å². The lowest BCUT2D eigenvalue weighted by molar-refractivity contribution is 0.317. The minimum atomic E-state index is 0.651. The third-order valence-electron chi connectivity index (χ3n) is 3.19. The molecule has 0 bridgehead atoms. The quantitative estimate of drug-likeness (QED) is 0.751. The first-order valence-electron chi connectivity index (χ1n) is 7.18. The number of nitrogens with one attached hydrogen (secondary N) is 1. The summed E-state index contributed by atoms with van der Waals surface area (Å²) in [6, 6.07) is 8.28. The van der Waals surface area contributed by atoms with Crippen LogP contribution in [0.3, 0.4) is 0 Å². The van der Waals surface area contributed by atoms with Crippen molar-refractivity contribution in [2.45, 2.75) is 26.3 Å². The SMILES string of the molecule is CCCNCc1ccc(OCCc2nccn2C)cc1. The van der Waals surface area contributed by atoms with E-state index in [1.165, 1.54) is 5.56 Å². The Kier molecular flexibility index (Phi) is 5.62. The minimum Gasteiger partial charge on any atom is -0.493 e. The van der Waals surface area contributed by atoms with Crippen molar-refractivity contribution in [3.05, 3.63) is 48.0 Å². The van der Waals surface area contributed by atoms with Crippen molar-refractivity contribution in [2.24, 2.45) is 7.05 Å². The molecule has 0 spiro atoms. The van der Waals surface area contributed by atoms with Crippen LogP contribution in [0.25, 0.3) is 0 Å². The summed E-state index contributed by atoms with van der Waals surface area (Å²) in [7, 11) is 2.00. The zero-order chi connectivity index (χ0) is 14.2. The Morgan fingerprint density at radius 2 is 2.05 bits per heavy atom. The van der Waals surface area contributed by atoms with Gasteiger partial charge in [-0.3, -0.25) is 0 Å². The fourth-order valence-electron chi connectivity index (χ4n) is 2.01. The van der Waals surface area contributed by atoms with Crippen LogP contribution < -0.4 is 10.1 Å². The van der Waals surface area contributed by atoms with Crippen LogP contribution in [-0.4, -0.2) is 22.7 Å². The number of benzene rings is 1. The number of hydrogen-bond donors (Lipinski definition) is 1. The molecule has 1 aromatic carbocycles. The first kappa shape index (κ1) is 14.6. The summed E-state index contributed by atoms with van der Waals surface area (Å²) in [5.74, 6) is 1.96. The zero-order valence-electron chi connectivity index (χ0n) is 12.3. The molecule has 0 amide bonds. The highest BCUT2D eigenvalue weighted by atomic mass is 16.5. The van der Waals surface area contributed by atoms with E-state index in [0.29, 0.717) is 6.61 Å². The first-order valence-corrected chi connectivity index (χ1v) is 7.18. The number of nitrogens with zero attached hydrogens (tertiary/aromatic N) is 2. The molecule has 0 saturated carbocycles. The van der Waals surface area contributed by atoms with Gasteiger partial charge in [-0.1, -0.05) is 19.1 Å². The third kappa shape index (κ3) is 4.38. The van der Waals surface area contributed by atoms with Gasteiger partial charge in [0.25, 0.3) is 0 Å². The van der Waals surface area contributed by atoms with Gasteiger partial charge in [0.2, 0.25) is 0 Å². The van der Waals surface area contributed by atoms with Gasteiger partial charge < -0.3 is 14.6 Å². The van der Waals surface area contributed by atoms with Crippen molar-refractivity contribution < 1.29 is 4.74 Å². The van der Waals surface area contributed by atoms with Crippen molar-refractivity contribution in [2.75, 3.05) is 13.2 Å². The lowest BCUT2D eigenvalue weighted by Crippen LogP contribution is -2.13. The molecule has 1 N–H and O–H groups in total. The van der Waals surface area contributed by atoms with Gasteiger partial charge in [-0.2, -0.15) is 0 Å². The highest BCUT2D eigenvalue weighted by Crippen LogP contribution is 2.12. The summed E-state index contributed by atoms with van der Waals surface area (Å²) in [4.78, 5) is 4.28. The van der Waals surface area contributed by atoms with Crippen LogP contribution in [0, 0.1) is 0 Å². The Hall–Kier alpha value is -1.81. The third-order valence-corrected chi connectivity index (χ3v) is 3.19. The van der Waals surface area contributed by atoms with Gasteiger partial charge in [0, 0.05) is 32.4 Å². The van der Waals surface area contributed by atoms with Crippen molar-refractivity contribution in [1.82, 2.24) is 14.9 Å². The van der Waals surface area contributed by atoms with Gasteiger partial charge in [0.1, 0.15) is 11.6 Å². The second kappa shape index (κ2) is 7.70. The van der Waals surface area contributed by atoms with E-state index in [9.17, 15) is 0 Å². The van der Waals surface area contributed by atoms with Gasteiger partial charge in [-0.25, -0.2) is 4.98 Å². The topological polar surface area (TPSA) is 39.1 Å². The first-order chi connectivity index (χ1) is 9.79. The van der Waals surface area contributed by atoms with Crippen LogP contribution in [0.2, 0.25) is 0 Å². The van der Waals surface area contributed by atoms with Crippen LogP contribution in [0.15, 0.2) is 36.7 Å². The number of aromatic nitrogens is 2. The number of aryl methyl sites for hydroxylation is 1. The fraction of sp³-hybridized carbons (Fsp3) is 0.438. The molecule has 4 heteroatoms. The number of imidazole rings is 1. The normalized spacial score (nSPS) is 10.7. The molecule has 108 valence electrons. The number of rotatable bonds is 8. The average molecular weight is 273 g/mol. The Labute approximate surface area is 120 Å². The number of hydrogen-bond acceptors (Lipinski definition) is 3. The largest absolute Gasteiger partial charge is 0.493 e. The van der Waals surface area contributed by atoms with E-state index in [2.05, 4.69) is 29.4 Å². The Bertz CT molecular complexity index is 505. The predicted molar refractivity (Wildman–Crippen MR) is 80.8 cm³/mol. The molecule has 1 heterocycles. The molecule has 1 aromatic heterocycles. The maximum Gasteiger partial charge on any atom is 0.119 e. The van der Waals surface area contributed by atoms with Crippen molar-refractivity contribution in [3.8, 4) is 5.75 Å². The maximum atomic E-state index is 5.74. The maximum absolute atomic E-state index is 5.74. The Balaban J connectivity index is 1.74. The second-order valence-electron chi connectivity index (χ2n) is 4.87. The van der Waals surface area contributed by atoms with Crippen molar-refractivity contribution in [1.29, 1.82) is 0 Å². The van der Waals surface area contributed by atoms with Gasteiger partial charge in [-0.05, 0) is 30.7 Å². The van der Waals surface area contributed by atoms with Gasteiger partial charge >= 0.3 is 0 Å². The minimum absolute atomic E-state index is 0.651. The van der Waals surface area contributed by atoms with E-state index in [1.807, 2.05) is 36.1 Å². The molecule has 0 fully saturated rings.